The molecule has 5 rings (SSSR count). The molecule has 0 atom stereocenters. The maximum atomic E-state index is 6.24. The summed E-state index contributed by atoms with van der Waals surface area (Å²) in [6.07, 6.45) is 5.72. The fraction of sp³-hybridized carbons (Fsp3) is 0.0833. The molecule has 120 valence electrons. The average Bonchev–Trinajstić information content (AvgIpc) is 3.20. The van der Waals surface area contributed by atoms with Crippen molar-refractivity contribution in [3.05, 3.63) is 118 Å². The van der Waals surface area contributed by atoms with Crippen LogP contribution < -0.4 is 0 Å². The minimum absolute atomic E-state index is 0.122. The number of halogens is 1. The van der Waals surface area contributed by atoms with E-state index in [-0.39, 0.29) is 5.41 Å². The molecule has 0 N–H and O–H groups in total. The molecule has 0 radical (unpaired) electrons. The van der Waals surface area contributed by atoms with Gasteiger partial charge in [0.2, 0.25) is 0 Å². The van der Waals surface area contributed by atoms with Gasteiger partial charge in [0.1, 0.15) is 0 Å². The molecule has 0 nitrogen and oxygen atoms in total. The summed E-state index contributed by atoms with van der Waals surface area (Å²) in [7, 11) is 0. The van der Waals surface area contributed by atoms with Gasteiger partial charge in [-0.15, -0.1) is 0 Å². The Morgan fingerprint density at radius 2 is 1.40 bits per heavy atom. The van der Waals surface area contributed by atoms with Gasteiger partial charge >= 0.3 is 0 Å². The van der Waals surface area contributed by atoms with E-state index in [1.807, 2.05) is 6.07 Å². The van der Waals surface area contributed by atoms with Crippen LogP contribution in [0.5, 0.6) is 0 Å². The van der Waals surface area contributed by atoms with E-state index in [4.69, 9.17) is 11.6 Å². The topological polar surface area (TPSA) is 0 Å². The summed E-state index contributed by atoms with van der Waals surface area (Å²) in [5, 5.41) is 0.793. The lowest BCUT2D eigenvalue weighted by Gasteiger charge is -2.33. The lowest BCUT2D eigenvalue weighted by Crippen LogP contribution is -2.26. The fourth-order valence-corrected chi connectivity index (χ4v) is 4.55. The number of hydrogen-bond donors (Lipinski definition) is 0. The second-order valence-corrected chi connectivity index (χ2v) is 7.19. The number of hydrogen-bond acceptors (Lipinski definition) is 0. The third-order valence-corrected chi connectivity index (χ3v) is 5.73. The van der Waals surface area contributed by atoms with Crippen LogP contribution in [0.3, 0.4) is 0 Å². The first-order chi connectivity index (χ1) is 12.3. The van der Waals surface area contributed by atoms with Crippen molar-refractivity contribution in [2.75, 3.05) is 0 Å². The summed E-state index contributed by atoms with van der Waals surface area (Å²) >= 11 is 6.24. The Morgan fingerprint density at radius 3 is 2.04 bits per heavy atom. The lowest BCUT2D eigenvalue weighted by atomic mass is 9.69. The van der Waals surface area contributed by atoms with Gasteiger partial charge in [0.05, 0.1) is 0 Å². The van der Waals surface area contributed by atoms with Crippen molar-refractivity contribution in [1.29, 1.82) is 0 Å². The van der Waals surface area contributed by atoms with Crippen molar-refractivity contribution in [2.45, 2.75) is 11.8 Å². The third kappa shape index (κ3) is 2.08. The van der Waals surface area contributed by atoms with Gasteiger partial charge in [-0.3, -0.25) is 0 Å². The van der Waals surface area contributed by atoms with Gasteiger partial charge in [0, 0.05) is 10.4 Å². The molecule has 0 amide bonds. The summed E-state index contributed by atoms with van der Waals surface area (Å²) < 4.78 is 0. The quantitative estimate of drug-likeness (QED) is 0.498. The van der Waals surface area contributed by atoms with Crippen LogP contribution in [0.15, 0.2) is 90.5 Å². The molecule has 0 bridgehead atoms. The van der Waals surface area contributed by atoms with Crippen LogP contribution >= 0.6 is 11.6 Å². The standard InChI is InChI=1S/C24H17Cl/c25-20-11-12-21-17(15-20)16-23-22(21)13-14-24(23,18-7-3-1-4-8-18)19-9-5-2-6-10-19/h1-13,15-16H,14H2. The Morgan fingerprint density at radius 1 is 0.760 bits per heavy atom. The van der Waals surface area contributed by atoms with Gasteiger partial charge in [0.15, 0.2) is 0 Å². The molecule has 2 aliphatic carbocycles. The molecule has 0 aromatic heterocycles. The van der Waals surface area contributed by atoms with E-state index >= 15 is 0 Å². The molecule has 0 spiro atoms. The van der Waals surface area contributed by atoms with Gasteiger partial charge in [-0.2, -0.15) is 0 Å². The molecule has 0 unspecified atom stereocenters. The van der Waals surface area contributed by atoms with Gasteiger partial charge < -0.3 is 0 Å². The van der Waals surface area contributed by atoms with Gasteiger partial charge in [0.25, 0.3) is 0 Å². The summed E-state index contributed by atoms with van der Waals surface area (Å²) in [5.74, 6) is 0. The van der Waals surface area contributed by atoms with Crippen LogP contribution in [0, 0.1) is 0 Å². The van der Waals surface area contributed by atoms with E-state index in [0.29, 0.717) is 0 Å². The predicted octanol–water partition coefficient (Wildman–Crippen LogP) is 6.51. The summed E-state index contributed by atoms with van der Waals surface area (Å²) in [6.45, 7) is 0. The number of benzene rings is 3. The molecule has 3 aromatic rings. The predicted molar refractivity (Wildman–Crippen MR) is 106 cm³/mol. The van der Waals surface area contributed by atoms with E-state index < -0.39 is 0 Å². The lowest BCUT2D eigenvalue weighted by molar-refractivity contribution is 0.656. The van der Waals surface area contributed by atoms with Gasteiger partial charge in [-0.05, 0) is 58.0 Å². The zero-order valence-corrected chi connectivity index (χ0v) is 14.5. The van der Waals surface area contributed by atoms with Crippen LogP contribution in [0.25, 0.3) is 11.6 Å². The summed E-state index contributed by atoms with van der Waals surface area (Å²) in [5.41, 5.74) is 7.85. The molecule has 0 heterocycles. The van der Waals surface area contributed by atoms with Crippen LogP contribution in [-0.2, 0) is 5.41 Å². The van der Waals surface area contributed by atoms with Crippen molar-refractivity contribution in [1.82, 2.24) is 0 Å². The Labute approximate surface area is 153 Å². The zero-order chi connectivity index (χ0) is 16.9. The first kappa shape index (κ1) is 14.7. The third-order valence-electron chi connectivity index (χ3n) is 5.50. The Kier molecular flexibility index (Phi) is 3.23. The van der Waals surface area contributed by atoms with Crippen molar-refractivity contribution in [3.63, 3.8) is 0 Å². The minimum Gasteiger partial charge on any atom is -0.0843 e. The molecule has 3 aromatic carbocycles. The van der Waals surface area contributed by atoms with Gasteiger partial charge in [-0.1, -0.05) is 84.4 Å². The minimum atomic E-state index is -0.122. The van der Waals surface area contributed by atoms with Crippen molar-refractivity contribution >= 4 is 23.3 Å². The van der Waals surface area contributed by atoms with E-state index in [0.717, 1.165) is 11.4 Å². The highest BCUT2D eigenvalue weighted by Crippen LogP contribution is 2.56. The van der Waals surface area contributed by atoms with Crippen molar-refractivity contribution in [2.24, 2.45) is 0 Å². The number of allylic oxidation sites excluding steroid dienone is 3. The fourth-order valence-electron chi connectivity index (χ4n) is 4.37. The Hall–Kier alpha value is -2.57. The molecule has 0 aliphatic heterocycles. The van der Waals surface area contributed by atoms with Crippen LogP contribution in [0.4, 0.5) is 0 Å². The van der Waals surface area contributed by atoms with Crippen molar-refractivity contribution in [3.8, 4) is 0 Å². The molecule has 2 aliphatic rings. The molecule has 25 heavy (non-hydrogen) atoms. The average molecular weight is 341 g/mol. The van der Waals surface area contributed by atoms with E-state index in [2.05, 4.69) is 84.9 Å². The molecular formula is C24H17Cl. The van der Waals surface area contributed by atoms with Crippen molar-refractivity contribution < 1.29 is 0 Å². The Balaban J connectivity index is 1.77. The monoisotopic (exact) mass is 340 g/mol. The maximum absolute atomic E-state index is 6.24. The largest absolute Gasteiger partial charge is 0.0843 e. The van der Waals surface area contributed by atoms with E-state index in [9.17, 15) is 0 Å². The summed E-state index contributed by atoms with van der Waals surface area (Å²) in [4.78, 5) is 0. The molecule has 0 saturated heterocycles. The first-order valence-electron chi connectivity index (χ1n) is 8.63. The highest BCUT2D eigenvalue weighted by atomic mass is 35.5. The highest BCUT2D eigenvalue weighted by Gasteiger charge is 2.44. The Bertz CT molecular complexity index is 971. The molecular weight excluding hydrogens is 324 g/mol. The van der Waals surface area contributed by atoms with Crippen LogP contribution in [-0.4, -0.2) is 0 Å². The zero-order valence-electron chi connectivity index (χ0n) is 13.7. The highest BCUT2D eigenvalue weighted by molar-refractivity contribution is 6.31. The number of rotatable bonds is 2. The SMILES string of the molecule is Clc1ccc2c(c1)C=C1C2=CCC1(c1ccccc1)c1ccccc1. The molecule has 1 heteroatoms. The second kappa shape index (κ2) is 5.47. The van der Waals surface area contributed by atoms with E-state index in [1.165, 1.54) is 33.4 Å². The maximum Gasteiger partial charge on any atom is 0.0492 e. The summed E-state index contributed by atoms with van der Waals surface area (Å²) in [6, 6.07) is 27.9. The van der Waals surface area contributed by atoms with Crippen LogP contribution in [0.2, 0.25) is 5.02 Å². The number of fused-ring (bicyclic) bond motifs is 3. The second-order valence-electron chi connectivity index (χ2n) is 6.75. The van der Waals surface area contributed by atoms with Gasteiger partial charge in [-0.25, -0.2) is 0 Å². The molecule has 0 saturated carbocycles. The smallest absolute Gasteiger partial charge is 0.0492 e. The van der Waals surface area contributed by atoms with E-state index in [1.54, 1.807) is 0 Å². The first-order valence-corrected chi connectivity index (χ1v) is 9.00. The van der Waals surface area contributed by atoms with Crippen LogP contribution in [0.1, 0.15) is 28.7 Å². The molecule has 0 fully saturated rings. The normalized spacial score (nSPS) is 16.8.